The van der Waals surface area contributed by atoms with Crippen LogP contribution in [0.25, 0.3) is 0 Å². The minimum absolute atomic E-state index is 0.0279. The second-order valence-corrected chi connectivity index (χ2v) is 5.53. The summed E-state index contributed by atoms with van der Waals surface area (Å²) in [4.78, 5) is 26.4. The maximum atomic E-state index is 12.6. The molecule has 0 radical (unpaired) electrons. The van der Waals surface area contributed by atoms with Crippen molar-refractivity contribution in [3.05, 3.63) is 0 Å². The van der Waals surface area contributed by atoms with E-state index in [1.807, 2.05) is 4.90 Å². The van der Waals surface area contributed by atoms with E-state index in [9.17, 15) is 9.59 Å². The summed E-state index contributed by atoms with van der Waals surface area (Å²) in [6, 6.07) is -0.497. The molecule has 0 aromatic carbocycles. The van der Waals surface area contributed by atoms with Crippen LogP contribution < -0.4 is 16.4 Å². The Hall–Kier alpha value is -1.14. The Bertz CT molecular complexity index is 335. The highest BCUT2D eigenvalue weighted by Crippen LogP contribution is 2.18. The standard InChI is InChI=1S/C14H28N4O2/c1-10-6-5-9-18(10)14(20)12(7-4-8-15)17-13(19)11(2)16-3/h10-12,16H,4-9,15H2,1-3H3,(H,17,19)/t10-,11+,12+/m1/s1. The molecule has 0 unspecified atom stereocenters. The molecule has 6 nitrogen and oxygen atoms in total. The van der Waals surface area contributed by atoms with Gasteiger partial charge in [0.1, 0.15) is 6.04 Å². The van der Waals surface area contributed by atoms with Crippen LogP contribution in [0.2, 0.25) is 0 Å². The minimum atomic E-state index is -0.456. The Morgan fingerprint density at radius 2 is 2.15 bits per heavy atom. The van der Waals surface area contributed by atoms with Crippen LogP contribution in [0.3, 0.4) is 0 Å². The number of carbonyl (C=O) groups excluding carboxylic acids is 2. The molecule has 1 fully saturated rings. The number of nitrogens with one attached hydrogen (secondary N) is 2. The number of likely N-dealkylation sites (tertiary alicyclic amines) is 1. The van der Waals surface area contributed by atoms with E-state index in [0.29, 0.717) is 13.0 Å². The molecule has 2 amide bonds. The van der Waals surface area contributed by atoms with Crippen molar-refractivity contribution < 1.29 is 9.59 Å². The first-order valence-corrected chi connectivity index (χ1v) is 7.49. The molecule has 116 valence electrons. The third kappa shape index (κ3) is 4.45. The van der Waals surface area contributed by atoms with Crippen molar-refractivity contribution in [2.45, 2.75) is 57.7 Å². The third-order valence-electron chi connectivity index (χ3n) is 3.97. The first-order valence-electron chi connectivity index (χ1n) is 7.49. The van der Waals surface area contributed by atoms with Crippen LogP contribution in [-0.4, -0.2) is 55.0 Å². The highest BCUT2D eigenvalue weighted by atomic mass is 16.2. The van der Waals surface area contributed by atoms with Gasteiger partial charge in [0, 0.05) is 12.6 Å². The first-order chi connectivity index (χ1) is 9.51. The van der Waals surface area contributed by atoms with Crippen molar-refractivity contribution in [1.82, 2.24) is 15.5 Å². The summed E-state index contributed by atoms with van der Waals surface area (Å²) in [5.74, 6) is -0.116. The highest BCUT2D eigenvalue weighted by Gasteiger charge is 2.31. The lowest BCUT2D eigenvalue weighted by Crippen LogP contribution is -2.53. The van der Waals surface area contributed by atoms with E-state index < -0.39 is 6.04 Å². The van der Waals surface area contributed by atoms with Gasteiger partial charge in [-0.05, 0) is 53.1 Å². The Labute approximate surface area is 121 Å². The van der Waals surface area contributed by atoms with Crippen molar-refractivity contribution in [3.63, 3.8) is 0 Å². The Morgan fingerprint density at radius 1 is 1.45 bits per heavy atom. The molecule has 1 aliphatic rings. The Balaban J connectivity index is 2.67. The molecule has 0 aromatic rings. The fourth-order valence-electron chi connectivity index (χ4n) is 2.47. The first kappa shape index (κ1) is 16.9. The number of carbonyl (C=O) groups is 2. The molecule has 0 spiro atoms. The number of nitrogens with two attached hydrogens (primary N) is 1. The average Bonchev–Trinajstić information content (AvgIpc) is 2.87. The summed E-state index contributed by atoms with van der Waals surface area (Å²) in [7, 11) is 1.73. The third-order valence-corrected chi connectivity index (χ3v) is 3.97. The highest BCUT2D eigenvalue weighted by molar-refractivity contribution is 5.89. The van der Waals surface area contributed by atoms with Gasteiger partial charge in [0.2, 0.25) is 11.8 Å². The number of amides is 2. The van der Waals surface area contributed by atoms with Gasteiger partial charge in [-0.15, -0.1) is 0 Å². The van der Waals surface area contributed by atoms with Gasteiger partial charge in [0.15, 0.2) is 0 Å². The van der Waals surface area contributed by atoms with Crippen molar-refractivity contribution in [1.29, 1.82) is 0 Å². The Morgan fingerprint density at radius 3 is 2.65 bits per heavy atom. The van der Waals surface area contributed by atoms with Gasteiger partial charge in [-0.1, -0.05) is 0 Å². The summed E-state index contributed by atoms with van der Waals surface area (Å²) in [5, 5.41) is 5.73. The van der Waals surface area contributed by atoms with E-state index in [-0.39, 0.29) is 23.9 Å². The van der Waals surface area contributed by atoms with Crippen LogP contribution in [-0.2, 0) is 9.59 Å². The number of likely N-dealkylation sites (N-methyl/N-ethyl adjacent to an activating group) is 1. The average molecular weight is 284 g/mol. The monoisotopic (exact) mass is 284 g/mol. The zero-order valence-electron chi connectivity index (χ0n) is 12.8. The van der Waals surface area contributed by atoms with Crippen LogP contribution in [0.5, 0.6) is 0 Å². The number of hydrogen-bond donors (Lipinski definition) is 3. The SMILES string of the molecule is CN[C@@H](C)C(=O)N[C@@H](CCCN)C(=O)N1CCC[C@H]1C. The second-order valence-electron chi connectivity index (χ2n) is 5.53. The second kappa shape index (κ2) is 8.21. The van der Waals surface area contributed by atoms with Crippen molar-refractivity contribution in [3.8, 4) is 0 Å². The lowest BCUT2D eigenvalue weighted by atomic mass is 10.1. The molecular weight excluding hydrogens is 256 g/mol. The molecule has 1 heterocycles. The van der Waals surface area contributed by atoms with Crippen molar-refractivity contribution in [2.24, 2.45) is 5.73 Å². The number of rotatable bonds is 7. The van der Waals surface area contributed by atoms with Gasteiger partial charge in [-0.2, -0.15) is 0 Å². The fraction of sp³-hybridized carbons (Fsp3) is 0.857. The van der Waals surface area contributed by atoms with E-state index in [1.165, 1.54) is 0 Å². The van der Waals surface area contributed by atoms with E-state index >= 15 is 0 Å². The molecule has 20 heavy (non-hydrogen) atoms. The maximum absolute atomic E-state index is 12.6. The minimum Gasteiger partial charge on any atom is -0.343 e. The van der Waals surface area contributed by atoms with Crippen LogP contribution in [0.15, 0.2) is 0 Å². The van der Waals surface area contributed by atoms with Crippen molar-refractivity contribution >= 4 is 11.8 Å². The predicted molar refractivity (Wildman–Crippen MR) is 79.1 cm³/mol. The van der Waals surface area contributed by atoms with Gasteiger partial charge in [0.25, 0.3) is 0 Å². The van der Waals surface area contributed by atoms with Gasteiger partial charge >= 0.3 is 0 Å². The molecule has 0 bridgehead atoms. The smallest absolute Gasteiger partial charge is 0.245 e. The van der Waals surface area contributed by atoms with E-state index in [4.69, 9.17) is 5.73 Å². The summed E-state index contributed by atoms with van der Waals surface area (Å²) in [6.45, 7) is 5.15. The quantitative estimate of drug-likeness (QED) is 0.606. The van der Waals surface area contributed by atoms with Gasteiger partial charge in [-0.25, -0.2) is 0 Å². The molecular formula is C14H28N4O2. The van der Waals surface area contributed by atoms with Gasteiger partial charge in [-0.3, -0.25) is 9.59 Å². The number of hydrogen-bond acceptors (Lipinski definition) is 4. The summed E-state index contributed by atoms with van der Waals surface area (Å²) in [6.07, 6.45) is 3.40. The lowest BCUT2D eigenvalue weighted by molar-refractivity contribution is -0.137. The topological polar surface area (TPSA) is 87.5 Å². The molecule has 4 N–H and O–H groups in total. The molecule has 0 aliphatic carbocycles. The maximum Gasteiger partial charge on any atom is 0.245 e. The largest absolute Gasteiger partial charge is 0.343 e. The molecule has 0 aromatic heterocycles. The van der Waals surface area contributed by atoms with Crippen LogP contribution in [0.4, 0.5) is 0 Å². The van der Waals surface area contributed by atoms with Crippen molar-refractivity contribution in [2.75, 3.05) is 20.1 Å². The summed E-state index contributed by atoms with van der Waals surface area (Å²) in [5.41, 5.74) is 5.52. The van der Waals surface area contributed by atoms with E-state index in [1.54, 1.807) is 14.0 Å². The van der Waals surface area contributed by atoms with Crippen LogP contribution >= 0.6 is 0 Å². The normalized spacial score (nSPS) is 21.6. The molecule has 6 heteroatoms. The van der Waals surface area contributed by atoms with Gasteiger partial charge in [0.05, 0.1) is 6.04 Å². The fourth-order valence-corrected chi connectivity index (χ4v) is 2.47. The molecule has 3 atom stereocenters. The van der Waals surface area contributed by atoms with Crippen LogP contribution in [0, 0.1) is 0 Å². The molecule has 1 aliphatic heterocycles. The number of nitrogens with zero attached hydrogens (tertiary/aromatic N) is 1. The van der Waals surface area contributed by atoms with Crippen LogP contribution in [0.1, 0.15) is 39.5 Å². The predicted octanol–water partition coefficient (Wildman–Crippen LogP) is -0.171. The van der Waals surface area contributed by atoms with E-state index in [0.717, 1.165) is 25.8 Å². The zero-order chi connectivity index (χ0) is 15.1. The molecule has 0 saturated carbocycles. The summed E-state index contributed by atoms with van der Waals surface area (Å²) < 4.78 is 0. The van der Waals surface area contributed by atoms with E-state index in [2.05, 4.69) is 17.6 Å². The Kier molecular flexibility index (Phi) is 6.95. The van der Waals surface area contributed by atoms with Gasteiger partial charge < -0.3 is 21.3 Å². The molecule has 1 saturated heterocycles. The zero-order valence-corrected chi connectivity index (χ0v) is 12.8. The summed E-state index contributed by atoms with van der Waals surface area (Å²) >= 11 is 0. The lowest BCUT2D eigenvalue weighted by Gasteiger charge is -2.28. The molecule has 1 rings (SSSR count).